The van der Waals surface area contributed by atoms with Crippen molar-refractivity contribution >= 4 is 68.0 Å². The second kappa shape index (κ2) is 20.6. The molecule has 0 aromatic carbocycles. The van der Waals surface area contributed by atoms with Crippen LogP contribution in [0.3, 0.4) is 0 Å². The third-order valence-electron chi connectivity index (χ3n) is 6.19. The van der Waals surface area contributed by atoms with Gasteiger partial charge in [0.05, 0.1) is 5.92 Å². The average Bonchev–Trinajstić information content (AvgIpc) is 2.75. The van der Waals surface area contributed by atoms with Gasteiger partial charge in [-0.1, -0.05) is 33.6 Å². The number of halogens is 3. The Labute approximate surface area is 222 Å². The van der Waals surface area contributed by atoms with Gasteiger partial charge in [-0.2, -0.15) is 0 Å². The van der Waals surface area contributed by atoms with Crippen molar-refractivity contribution in [2.24, 2.45) is 35.5 Å². The molecule has 178 valence electrons. The molecule has 0 bridgehead atoms. The first kappa shape index (κ1) is 33.2. The third kappa shape index (κ3) is 17.2. The Hall–Kier alpha value is 0.01000. The molecule has 2 rings (SSSR count). The first-order valence-electron chi connectivity index (χ1n) is 11.1. The summed E-state index contributed by atoms with van der Waals surface area (Å²) in [4.78, 5) is 21.5. The van der Waals surface area contributed by atoms with Crippen LogP contribution in [0.5, 0.6) is 0 Å². The van der Waals surface area contributed by atoms with Gasteiger partial charge in [0.1, 0.15) is 0 Å². The van der Waals surface area contributed by atoms with Crippen molar-refractivity contribution in [3.63, 3.8) is 0 Å². The van der Waals surface area contributed by atoms with Crippen LogP contribution < -0.4 is 0 Å². The van der Waals surface area contributed by atoms with Crippen LogP contribution in [0.25, 0.3) is 0 Å². The molecule has 2 aliphatic carbocycles. The molecular formula is C25H39ClI2O3. The van der Waals surface area contributed by atoms with Gasteiger partial charge in [-0.25, -0.2) is 0 Å². The highest BCUT2D eigenvalue weighted by molar-refractivity contribution is 14.1. The number of carboxylic acids is 1. The molecule has 0 saturated heterocycles. The molecule has 3 nitrogen and oxygen atoms in total. The average molecular weight is 677 g/mol. The maximum absolute atomic E-state index is 10.8. The first-order chi connectivity index (χ1) is 14.5. The van der Waals surface area contributed by atoms with Crippen molar-refractivity contribution in [2.45, 2.75) is 86.0 Å². The molecule has 0 aromatic heterocycles. The lowest BCUT2D eigenvalue weighted by Gasteiger charge is -2.28. The lowest BCUT2D eigenvalue weighted by Crippen LogP contribution is -2.23. The van der Waals surface area contributed by atoms with Crippen molar-refractivity contribution in [1.82, 2.24) is 0 Å². The zero-order valence-electron chi connectivity index (χ0n) is 19.6. The largest absolute Gasteiger partial charge is 0.481 e. The number of hydrogen-bond acceptors (Lipinski definition) is 2. The van der Waals surface area contributed by atoms with Crippen LogP contribution in [-0.2, 0) is 9.59 Å². The molecule has 0 aliphatic heterocycles. The molecule has 2 saturated carbocycles. The fraction of sp³-hybridized carbons (Fsp3) is 0.760. The predicted molar refractivity (Wildman–Crippen MR) is 149 cm³/mol. The van der Waals surface area contributed by atoms with E-state index in [9.17, 15) is 9.59 Å². The zero-order chi connectivity index (χ0) is 24.4. The normalized spacial score (nSPS) is 24.4. The van der Waals surface area contributed by atoms with Crippen LogP contribution in [0, 0.1) is 55.7 Å². The highest BCUT2D eigenvalue weighted by atomic mass is 127. The maximum Gasteiger partial charge on any atom is 0.306 e. The van der Waals surface area contributed by atoms with Gasteiger partial charge in [-0.05, 0) is 101 Å². The molecule has 6 heteroatoms. The minimum atomic E-state index is -0.600. The Bertz CT molecular complexity index is 542. The summed E-state index contributed by atoms with van der Waals surface area (Å²) in [6, 6.07) is 0. The van der Waals surface area contributed by atoms with Gasteiger partial charge in [0, 0.05) is 51.1 Å². The Morgan fingerprint density at radius 1 is 0.871 bits per heavy atom. The fourth-order valence-electron chi connectivity index (χ4n) is 4.05. The van der Waals surface area contributed by atoms with E-state index in [1.54, 1.807) is 0 Å². The summed E-state index contributed by atoms with van der Waals surface area (Å²) in [5, 5.41) is 8.64. The van der Waals surface area contributed by atoms with Gasteiger partial charge in [0.25, 0.3) is 0 Å². The van der Waals surface area contributed by atoms with Gasteiger partial charge in [-0.15, -0.1) is 6.42 Å². The van der Waals surface area contributed by atoms with E-state index in [1.807, 2.05) is 52.1 Å². The van der Waals surface area contributed by atoms with E-state index in [-0.39, 0.29) is 17.1 Å². The maximum atomic E-state index is 10.8. The molecule has 0 unspecified atom stereocenters. The molecule has 0 spiro atoms. The SMILES string of the molecule is C#CI.CC#CI.CC(C)C1CCC(C(=O)Cl)CC1.CC(C)C1CCC(C(=O)O)CC1. The summed E-state index contributed by atoms with van der Waals surface area (Å²) in [6.45, 7) is 10.8. The lowest BCUT2D eigenvalue weighted by molar-refractivity contribution is -0.143. The Morgan fingerprint density at radius 3 is 1.35 bits per heavy atom. The molecule has 0 radical (unpaired) electrons. The van der Waals surface area contributed by atoms with E-state index >= 15 is 0 Å². The van der Waals surface area contributed by atoms with Gasteiger partial charge < -0.3 is 5.11 Å². The van der Waals surface area contributed by atoms with Crippen molar-refractivity contribution < 1.29 is 14.7 Å². The molecule has 0 aromatic rings. The van der Waals surface area contributed by atoms with Gasteiger partial charge >= 0.3 is 5.97 Å². The minimum Gasteiger partial charge on any atom is -0.481 e. The summed E-state index contributed by atoms with van der Waals surface area (Å²) < 4.78 is 4.87. The molecule has 31 heavy (non-hydrogen) atoms. The van der Waals surface area contributed by atoms with Crippen LogP contribution in [0.4, 0.5) is 0 Å². The van der Waals surface area contributed by atoms with Crippen LogP contribution in [0.15, 0.2) is 0 Å². The number of carboxylic acid groups (broad SMARTS) is 1. The minimum absolute atomic E-state index is 0.0556. The third-order valence-corrected chi connectivity index (χ3v) is 7.04. The molecule has 1 N–H and O–H groups in total. The summed E-state index contributed by atoms with van der Waals surface area (Å²) in [5.74, 6) is 5.23. The lowest BCUT2D eigenvalue weighted by atomic mass is 9.77. The van der Waals surface area contributed by atoms with Crippen molar-refractivity contribution in [3.05, 3.63) is 0 Å². The number of rotatable bonds is 4. The van der Waals surface area contributed by atoms with Gasteiger partial charge in [0.15, 0.2) is 0 Å². The highest BCUT2D eigenvalue weighted by Crippen LogP contribution is 2.34. The summed E-state index contributed by atoms with van der Waals surface area (Å²) in [5.41, 5.74) is 0. The Morgan fingerprint density at radius 2 is 1.16 bits per heavy atom. The number of terminal acetylenes is 1. The number of carbonyl (C=O) groups excluding carboxylic acids is 1. The van der Waals surface area contributed by atoms with Crippen molar-refractivity contribution in [3.8, 4) is 20.2 Å². The van der Waals surface area contributed by atoms with E-state index in [2.05, 4.69) is 47.9 Å². The van der Waals surface area contributed by atoms with E-state index in [1.165, 1.54) is 12.8 Å². The molecule has 2 aliphatic rings. The van der Waals surface area contributed by atoms with E-state index in [4.69, 9.17) is 16.7 Å². The second-order valence-electron chi connectivity index (χ2n) is 8.81. The highest BCUT2D eigenvalue weighted by Gasteiger charge is 2.27. The monoisotopic (exact) mass is 676 g/mol. The van der Waals surface area contributed by atoms with E-state index < -0.39 is 5.97 Å². The van der Waals surface area contributed by atoms with Gasteiger partial charge in [-0.3, -0.25) is 9.59 Å². The zero-order valence-corrected chi connectivity index (χ0v) is 24.7. The Kier molecular flexibility index (Phi) is 22.1. The van der Waals surface area contributed by atoms with Crippen molar-refractivity contribution in [2.75, 3.05) is 0 Å². The topological polar surface area (TPSA) is 54.4 Å². The number of hydrogen-bond donors (Lipinski definition) is 1. The smallest absolute Gasteiger partial charge is 0.306 e. The van der Waals surface area contributed by atoms with Crippen LogP contribution in [-0.4, -0.2) is 16.3 Å². The van der Waals surface area contributed by atoms with Crippen LogP contribution in [0.2, 0.25) is 0 Å². The van der Waals surface area contributed by atoms with Crippen molar-refractivity contribution in [1.29, 1.82) is 0 Å². The predicted octanol–water partition coefficient (Wildman–Crippen LogP) is 8.16. The van der Waals surface area contributed by atoms with E-state index in [0.29, 0.717) is 0 Å². The summed E-state index contributed by atoms with van der Waals surface area (Å²) in [7, 11) is 0. The van der Waals surface area contributed by atoms with E-state index in [0.717, 1.165) is 62.2 Å². The molecular weight excluding hydrogens is 638 g/mol. The quantitative estimate of drug-likeness (QED) is 0.186. The number of aliphatic carboxylic acids is 1. The van der Waals surface area contributed by atoms with Crippen LogP contribution in [0.1, 0.15) is 86.0 Å². The van der Waals surface area contributed by atoms with Crippen LogP contribution >= 0.6 is 56.8 Å². The molecule has 0 heterocycles. The molecule has 2 fully saturated rings. The first-order valence-corrected chi connectivity index (χ1v) is 13.6. The molecule has 0 atom stereocenters. The summed E-state index contributed by atoms with van der Waals surface area (Å²) >= 11 is 9.25. The standard InChI is InChI=1S/C10H17ClO.C10H18O2.C3H3I.C2HI/c2*1-7(2)8-3-5-9(6-4-8)10(11)12;1-2-3-4;1-2-3/h7-9H,3-6H2,1-2H3;7-9H,3-6H2,1-2H3,(H,11,12);1H3;1H. The Balaban J connectivity index is 0. The van der Waals surface area contributed by atoms with Gasteiger partial charge in [0.2, 0.25) is 5.24 Å². The fourth-order valence-corrected chi connectivity index (χ4v) is 4.26. The molecule has 0 amide bonds. The summed E-state index contributed by atoms with van der Waals surface area (Å²) in [6.07, 6.45) is 12.9. The number of carbonyl (C=O) groups is 2. The second-order valence-corrected chi connectivity index (χ2v) is 10.3.